The van der Waals surface area contributed by atoms with Crippen LogP contribution in [-0.2, 0) is 95.7 Å². The first-order valence-electron chi connectivity index (χ1n) is 16.3. The average Bonchev–Trinajstić information content (AvgIpc) is 3.17. The van der Waals surface area contributed by atoms with Gasteiger partial charge in [0.1, 0.15) is 0 Å². The van der Waals surface area contributed by atoms with Crippen molar-refractivity contribution in [2.45, 2.75) is 163 Å². The van der Waals surface area contributed by atoms with E-state index in [0.717, 1.165) is 11.7 Å². The second-order valence-corrected chi connectivity index (χ2v) is 15.3. The molecule has 0 aromatic heterocycles. The zero-order valence-corrected chi connectivity index (χ0v) is 42.8. The molecular formula is C38H66N4S6Ti2+2. The standard InChI is InChI=1S/2C10H15.2C9H18N2S2.2H2S.2Ti/c2*1-6-7(2)9(4)10(5)8(6)3;2*1-6(2)10-8(5)11(7(3)4)9(12)13;;;;/h2*1-5H3;2*6-7H,1-5H3,(H,12,13);2*1H2;;/q;;;;;;+2;+4/p-4. The summed E-state index contributed by atoms with van der Waals surface area (Å²) >= 11 is 19.9. The Balaban J connectivity index is -0.000000126. The molecular weight excluding hydrogens is 801 g/mol. The van der Waals surface area contributed by atoms with Crippen molar-refractivity contribution in [2.75, 3.05) is 0 Å². The molecule has 10 radical (unpaired) electrons. The van der Waals surface area contributed by atoms with E-state index in [0.29, 0.717) is 8.64 Å². The monoisotopic (exact) mass is 866 g/mol. The zero-order chi connectivity index (χ0) is 37.0. The molecule has 2 rings (SSSR count). The molecule has 0 bridgehead atoms. The predicted molar refractivity (Wildman–Crippen MR) is 237 cm³/mol. The van der Waals surface area contributed by atoms with Crippen molar-refractivity contribution >= 4 is 97.0 Å². The van der Waals surface area contributed by atoms with E-state index >= 15 is 0 Å². The Morgan fingerprint density at radius 1 is 0.460 bits per heavy atom. The Bertz CT molecular complexity index is 813. The molecule has 0 saturated heterocycles. The van der Waals surface area contributed by atoms with Crippen LogP contribution in [0.25, 0.3) is 0 Å². The summed E-state index contributed by atoms with van der Waals surface area (Å²) in [6, 6.07) is 1.14. The summed E-state index contributed by atoms with van der Waals surface area (Å²) in [4.78, 5) is 12.6. The fraction of sp³-hybridized carbons (Fsp3) is 0.632. The van der Waals surface area contributed by atoms with E-state index in [1.54, 1.807) is 0 Å². The Kier molecular flexibility index (Phi) is 39.3. The second-order valence-electron chi connectivity index (χ2n) is 13.2. The first-order valence-corrected chi connectivity index (χ1v) is 17.9. The van der Waals surface area contributed by atoms with E-state index < -0.39 is 0 Å². The summed E-state index contributed by atoms with van der Waals surface area (Å²) < 4.78 is 0.939. The molecule has 0 amide bonds. The average molecular weight is 867 g/mol. The van der Waals surface area contributed by atoms with Crippen LogP contribution < -0.4 is 0 Å². The van der Waals surface area contributed by atoms with Gasteiger partial charge < -0.3 is 86.5 Å². The van der Waals surface area contributed by atoms with E-state index in [9.17, 15) is 0 Å². The first kappa shape index (κ1) is 63.6. The van der Waals surface area contributed by atoms with Crippen LogP contribution in [-0.4, -0.2) is 54.3 Å². The molecule has 2 saturated carbocycles. The van der Waals surface area contributed by atoms with Crippen LogP contribution in [0.5, 0.6) is 0 Å². The summed E-state index contributed by atoms with van der Waals surface area (Å²) in [5, 5.41) is 0. The number of hydrogen-bond acceptors (Lipinski definition) is 8. The van der Waals surface area contributed by atoms with Gasteiger partial charge in [-0.1, -0.05) is 77.9 Å². The first-order chi connectivity index (χ1) is 20.8. The van der Waals surface area contributed by atoms with Crippen molar-refractivity contribution in [1.29, 1.82) is 0 Å². The third-order valence-electron chi connectivity index (χ3n) is 8.64. The van der Waals surface area contributed by atoms with Crippen molar-refractivity contribution in [1.82, 2.24) is 9.80 Å². The largest absolute Gasteiger partial charge is 4.00 e. The zero-order valence-electron chi connectivity index (χ0n) is 34.6. The quantitative estimate of drug-likeness (QED) is 0.0690. The number of nitrogens with zero attached hydrogens (tertiary/aromatic N) is 4. The van der Waals surface area contributed by atoms with Gasteiger partial charge in [-0.2, -0.15) is 0 Å². The number of rotatable bonds is 4. The number of thiocarbonyl (C=S) groups is 2. The Labute approximate surface area is 378 Å². The van der Waals surface area contributed by atoms with Gasteiger partial charge in [0.15, 0.2) is 0 Å². The SMILES string of the molecule is CC(=NC(C)C)N(C(=S)[S-])C(C)C.CC(=NC(C)C)N(C(=S)[S-])C(C)C.C[C]1[C](C)[C](C)[C](C)[C]1C.C[C]1[C](C)[C](C)[C](C)[C]1C.[SH-].[SH-].[Ti+2].[Ti+4]. The number of hydrogen-bond donors (Lipinski definition) is 0. The van der Waals surface area contributed by atoms with Crippen molar-refractivity contribution in [3.63, 3.8) is 0 Å². The number of thiol groups is 2. The van der Waals surface area contributed by atoms with Gasteiger partial charge in [0.05, 0.1) is 11.7 Å². The summed E-state index contributed by atoms with van der Waals surface area (Å²) in [7, 11) is 0. The van der Waals surface area contributed by atoms with Gasteiger partial charge in [0, 0.05) is 24.2 Å². The molecule has 12 heteroatoms. The van der Waals surface area contributed by atoms with E-state index in [4.69, 9.17) is 49.7 Å². The molecule has 2 fully saturated rings. The summed E-state index contributed by atoms with van der Waals surface area (Å²) in [5.74, 6) is 16.5. The van der Waals surface area contributed by atoms with Crippen LogP contribution in [0.2, 0.25) is 0 Å². The molecule has 0 aromatic carbocycles. The molecule has 50 heavy (non-hydrogen) atoms. The van der Waals surface area contributed by atoms with Crippen LogP contribution in [0.1, 0.15) is 138 Å². The van der Waals surface area contributed by atoms with Crippen LogP contribution in [0.15, 0.2) is 9.98 Å². The van der Waals surface area contributed by atoms with Crippen LogP contribution in [0.4, 0.5) is 0 Å². The molecule has 2 aliphatic rings. The normalized spacial score (nSPS) is 17.8. The maximum absolute atomic E-state index is 4.98. The Morgan fingerprint density at radius 2 is 0.600 bits per heavy atom. The van der Waals surface area contributed by atoms with Gasteiger partial charge in [-0.15, -0.1) is 0 Å². The third-order valence-corrected chi connectivity index (χ3v) is 9.43. The van der Waals surface area contributed by atoms with Crippen LogP contribution in [0.3, 0.4) is 0 Å². The third kappa shape index (κ3) is 21.7. The van der Waals surface area contributed by atoms with Gasteiger partial charge in [-0.05, 0) is 128 Å². The molecule has 0 aliphatic heterocycles. The van der Waals surface area contributed by atoms with Gasteiger partial charge in [-0.25, -0.2) is 0 Å². The van der Waals surface area contributed by atoms with Crippen molar-refractivity contribution < 1.29 is 43.4 Å². The van der Waals surface area contributed by atoms with E-state index in [1.165, 1.54) is 59.2 Å². The Hall–Kier alpha value is 1.69. The molecule has 280 valence electrons. The maximum atomic E-state index is 4.98. The van der Waals surface area contributed by atoms with Crippen molar-refractivity contribution in [3.8, 4) is 0 Å². The minimum Gasteiger partial charge on any atom is -0.813 e. The summed E-state index contributed by atoms with van der Waals surface area (Å²) in [6.07, 6.45) is 0. The van der Waals surface area contributed by atoms with Gasteiger partial charge in [0.2, 0.25) is 0 Å². The van der Waals surface area contributed by atoms with Crippen LogP contribution in [0, 0.1) is 59.2 Å². The molecule has 0 aromatic rings. The fourth-order valence-electron chi connectivity index (χ4n) is 5.12. The minimum absolute atomic E-state index is 0. The van der Waals surface area contributed by atoms with Gasteiger partial charge in [-0.3, -0.25) is 9.98 Å². The number of amidine groups is 2. The second kappa shape index (κ2) is 30.9. The number of aliphatic imine (C=N–C) groups is 2. The van der Waals surface area contributed by atoms with E-state index in [-0.39, 0.29) is 94.6 Å². The molecule has 0 heterocycles. The summed E-state index contributed by atoms with van der Waals surface area (Å²) in [6.45, 7) is 42.2. The fourth-order valence-corrected chi connectivity index (χ4v) is 6.49. The Morgan fingerprint density at radius 3 is 0.680 bits per heavy atom. The van der Waals surface area contributed by atoms with Crippen molar-refractivity contribution in [3.05, 3.63) is 59.2 Å². The maximum Gasteiger partial charge on any atom is 4.00 e. The molecule has 0 spiro atoms. The molecule has 0 N–H and O–H groups in total. The topological polar surface area (TPSA) is 31.2 Å². The van der Waals surface area contributed by atoms with E-state index in [1.807, 2.05) is 51.3 Å². The molecule has 0 unspecified atom stereocenters. The predicted octanol–water partition coefficient (Wildman–Crippen LogP) is 10.1. The molecule has 0 atom stereocenters. The van der Waals surface area contributed by atoms with E-state index in [2.05, 4.69) is 107 Å². The van der Waals surface area contributed by atoms with Gasteiger partial charge in [0.25, 0.3) is 0 Å². The smallest absolute Gasteiger partial charge is 0.813 e. The van der Waals surface area contributed by atoms with Gasteiger partial charge >= 0.3 is 43.4 Å². The molecule has 2 aliphatic carbocycles. The molecule has 4 nitrogen and oxygen atoms in total. The van der Waals surface area contributed by atoms with Crippen LogP contribution >= 0.6 is 24.4 Å². The van der Waals surface area contributed by atoms with Crippen molar-refractivity contribution in [2.24, 2.45) is 9.98 Å². The summed E-state index contributed by atoms with van der Waals surface area (Å²) in [5.41, 5.74) is 0. The minimum atomic E-state index is 0.